The van der Waals surface area contributed by atoms with Crippen LogP contribution in [0.1, 0.15) is 21.7 Å². The second-order valence-electron chi connectivity index (χ2n) is 4.15. The highest BCUT2D eigenvalue weighted by Gasteiger charge is 2.18. The van der Waals surface area contributed by atoms with E-state index in [-0.39, 0.29) is 11.3 Å². The Hall–Kier alpha value is -2.24. The van der Waals surface area contributed by atoms with Crippen LogP contribution in [-0.4, -0.2) is 15.6 Å². The predicted molar refractivity (Wildman–Crippen MR) is 62.1 cm³/mol. The lowest BCUT2D eigenvalue weighted by molar-refractivity contribution is 0.0696. The van der Waals surface area contributed by atoms with Crippen molar-refractivity contribution in [3.8, 4) is 5.69 Å². The standard InChI is InChI=1S/C13H10F3NO2/c1-6-3-9(13(18)19)7(2)17(6)8-4-10(14)12(16)11(15)5-8/h3-5H,1-2H3,(H,18,19). The fourth-order valence-corrected chi connectivity index (χ4v) is 2.05. The summed E-state index contributed by atoms with van der Waals surface area (Å²) < 4.78 is 40.7. The Kier molecular flexibility index (Phi) is 3.09. The maximum atomic E-state index is 13.2. The lowest BCUT2D eigenvalue weighted by atomic mass is 10.2. The molecule has 19 heavy (non-hydrogen) atoms. The van der Waals surface area contributed by atoms with E-state index >= 15 is 0 Å². The molecule has 0 atom stereocenters. The van der Waals surface area contributed by atoms with E-state index in [4.69, 9.17) is 5.11 Å². The lowest BCUT2D eigenvalue weighted by Crippen LogP contribution is -2.04. The molecular formula is C13H10F3NO2. The largest absolute Gasteiger partial charge is 0.478 e. The van der Waals surface area contributed by atoms with Gasteiger partial charge < -0.3 is 9.67 Å². The SMILES string of the molecule is Cc1cc(C(=O)O)c(C)n1-c1cc(F)c(F)c(F)c1. The quantitative estimate of drug-likeness (QED) is 0.850. The first kappa shape index (κ1) is 13.2. The predicted octanol–water partition coefficient (Wildman–Crippen LogP) is 3.21. The van der Waals surface area contributed by atoms with E-state index < -0.39 is 23.4 Å². The number of carboxylic acid groups (broad SMARTS) is 1. The molecule has 100 valence electrons. The molecule has 0 bridgehead atoms. The number of aromatic carboxylic acids is 1. The van der Waals surface area contributed by atoms with E-state index in [1.807, 2.05) is 0 Å². The maximum absolute atomic E-state index is 13.2. The summed E-state index contributed by atoms with van der Waals surface area (Å²) >= 11 is 0. The molecule has 0 fully saturated rings. The second kappa shape index (κ2) is 4.46. The molecule has 0 aliphatic heterocycles. The summed E-state index contributed by atoms with van der Waals surface area (Å²) in [4.78, 5) is 11.0. The van der Waals surface area contributed by atoms with Gasteiger partial charge in [0, 0.05) is 23.5 Å². The number of carboxylic acids is 1. The molecular weight excluding hydrogens is 259 g/mol. The average molecular weight is 269 g/mol. The molecule has 1 heterocycles. The van der Waals surface area contributed by atoms with Crippen molar-refractivity contribution in [1.82, 2.24) is 4.57 Å². The number of rotatable bonds is 2. The molecule has 2 rings (SSSR count). The minimum atomic E-state index is -1.55. The zero-order valence-corrected chi connectivity index (χ0v) is 10.2. The Morgan fingerprint density at radius 2 is 1.63 bits per heavy atom. The number of halogens is 3. The molecule has 0 amide bonds. The molecule has 1 aromatic heterocycles. The van der Waals surface area contributed by atoms with E-state index in [1.54, 1.807) is 6.92 Å². The van der Waals surface area contributed by atoms with Gasteiger partial charge in [-0.25, -0.2) is 18.0 Å². The van der Waals surface area contributed by atoms with E-state index in [2.05, 4.69) is 0 Å². The fraction of sp³-hybridized carbons (Fsp3) is 0.154. The fourth-order valence-electron chi connectivity index (χ4n) is 2.05. The van der Waals surface area contributed by atoms with Gasteiger partial charge in [-0.05, 0) is 19.9 Å². The molecule has 0 radical (unpaired) electrons. The van der Waals surface area contributed by atoms with Crippen molar-refractivity contribution in [2.24, 2.45) is 0 Å². The zero-order chi connectivity index (χ0) is 14.3. The van der Waals surface area contributed by atoms with Crippen LogP contribution in [0, 0.1) is 31.3 Å². The van der Waals surface area contributed by atoms with E-state index in [0.29, 0.717) is 11.4 Å². The first-order valence-electron chi connectivity index (χ1n) is 5.40. The first-order valence-corrected chi connectivity index (χ1v) is 5.40. The molecule has 1 N–H and O–H groups in total. The highest BCUT2D eigenvalue weighted by molar-refractivity contribution is 5.89. The van der Waals surface area contributed by atoms with Crippen molar-refractivity contribution in [1.29, 1.82) is 0 Å². The Labute approximate surface area is 106 Å². The lowest BCUT2D eigenvalue weighted by Gasteiger charge is -2.10. The van der Waals surface area contributed by atoms with E-state index in [0.717, 1.165) is 12.1 Å². The van der Waals surface area contributed by atoms with Gasteiger partial charge in [-0.15, -0.1) is 0 Å². The number of aryl methyl sites for hydroxylation is 1. The van der Waals surface area contributed by atoms with Gasteiger partial charge in [-0.1, -0.05) is 0 Å². The van der Waals surface area contributed by atoms with Gasteiger partial charge in [0.1, 0.15) is 0 Å². The summed E-state index contributed by atoms with van der Waals surface area (Å²) in [5.74, 6) is -5.33. The number of nitrogens with zero attached hydrogens (tertiary/aromatic N) is 1. The molecule has 6 heteroatoms. The van der Waals surface area contributed by atoms with Crippen LogP contribution in [0.2, 0.25) is 0 Å². The van der Waals surface area contributed by atoms with Crippen LogP contribution in [0.15, 0.2) is 18.2 Å². The average Bonchev–Trinajstić information content (AvgIpc) is 2.61. The summed E-state index contributed by atoms with van der Waals surface area (Å²) in [6.07, 6.45) is 0. The summed E-state index contributed by atoms with van der Waals surface area (Å²) in [6.45, 7) is 3.11. The van der Waals surface area contributed by atoms with Gasteiger partial charge >= 0.3 is 5.97 Å². The smallest absolute Gasteiger partial charge is 0.337 e. The van der Waals surface area contributed by atoms with Crippen molar-refractivity contribution < 1.29 is 23.1 Å². The van der Waals surface area contributed by atoms with Crippen LogP contribution in [0.4, 0.5) is 13.2 Å². The van der Waals surface area contributed by atoms with Gasteiger partial charge in [0.15, 0.2) is 17.5 Å². The van der Waals surface area contributed by atoms with Crippen LogP contribution >= 0.6 is 0 Å². The van der Waals surface area contributed by atoms with Crippen molar-refractivity contribution in [3.05, 3.63) is 52.6 Å². The Morgan fingerprint density at radius 1 is 1.11 bits per heavy atom. The third kappa shape index (κ3) is 2.09. The molecule has 0 aliphatic carbocycles. The van der Waals surface area contributed by atoms with Gasteiger partial charge in [0.25, 0.3) is 0 Å². The van der Waals surface area contributed by atoms with Crippen LogP contribution in [0.3, 0.4) is 0 Å². The van der Waals surface area contributed by atoms with Crippen LogP contribution in [0.25, 0.3) is 5.69 Å². The molecule has 1 aromatic carbocycles. The summed E-state index contributed by atoms with van der Waals surface area (Å²) in [5, 5.41) is 8.98. The third-order valence-electron chi connectivity index (χ3n) is 2.89. The highest BCUT2D eigenvalue weighted by atomic mass is 19.2. The molecule has 3 nitrogen and oxygen atoms in total. The molecule has 0 unspecified atom stereocenters. The Balaban J connectivity index is 2.69. The number of aromatic nitrogens is 1. The number of hydrogen-bond donors (Lipinski definition) is 1. The minimum absolute atomic E-state index is 0.0302. The van der Waals surface area contributed by atoms with E-state index in [9.17, 15) is 18.0 Å². The van der Waals surface area contributed by atoms with Crippen LogP contribution in [0.5, 0.6) is 0 Å². The van der Waals surface area contributed by atoms with Crippen LogP contribution in [-0.2, 0) is 0 Å². The van der Waals surface area contributed by atoms with Gasteiger partial charge in [-0.2, -0.15) is 0 Å². The molecule has 2 aromatic rings. The minimum Gasteiger partial charge on any atom is -0.478 e. The van der Waals surface area contributed by atoms with Gasteiger partial charge in [0.05, 0.1) is 11.3 Å². The van der Waals surface area contributed by atoms with Gasteiger partial charge in [-0.3, -0.25) is 0 Å². The maximum Gasteiger partial charge on any atom is 0.337 e. The van der Waals surface area contributed by atoms with E-state index in [1.165, 1.54) is 17.6 Å². The summed E-state index contributed by atoms with van der Waals surface area (Å²) in [6, 6.07) is 3.03. The number of benzene rings is 1. The highest BCUT2D eigenvalue weighted by Crippen LogP contribution is 2.23. The molecule has 0 saturated carbocycles. The summed E-state index contributed by atoms with van der Waals surface area (Å²) in [7, 11) is 0. The number of carbonyl (C=O) groups is 1. The molecule has 0 saturated heterocycles. The van der Waals surface area contributed by atoms with Crippen molar-refractivity contribution in [2.75, 3.05) is 0 Å². The Bertz CT molecular complexity index is 654. The van der Waals surface area contributed by atoms with Crippen LogP contribution < -0.4 is 0 Å². The van der Waals surface area contributed by atoms with Crippen molar-refractivity contribution >= 4 is 5.97 Å². The number of hydrogen-bond acceptors (Lipinski definition) is 1. The normalized spacial score (nSPS) is 10.8. The first-order chi connectivity index (χ1) is 8.82. The topological polar surface area (TPSA) is 42.2 Å². The zero-order valence-electron chi connectivity index (χ0n) is 10.2. The van der Waals surface area contributed by atoms with Crippen molar-refractivity contribution in [3.63, 3.8) is 0 Å². The second-order valence-corrected chi connectivity index (χ2v) is 4.15. The monoisotopic (exact) mass is 269 g/mol. The molecule has 0 aliphatic rings. The van der Waals surface area contributed by atoms with Gasteiger partial charge in [0.2, 0.25) is 0 Å². The molecule has 0 spiro atoms. The summed E-state index contributed by atoms with van der Waals surface area (Å²) in [5.41, 5.74) is 0.872. The third-order valence-corrected chi connectivity index (χ3v) is 2.89. The Morgan fingerprint density at radius 3 is 2.05 bits per heavy atom. The van der Waals surface area contributed by atoms with Crippen molar-refractivity contribution in [2.45, 2.75) is 13.8 Å².